The van der Waals surface area contributed by atoms with Crippen LogP contribution in [0, 0.1) is 5.92 Å². The second-order valence-corrected chi connectivity index (χ2v) is 5.23. The standard InChI is InChI=1S/C13H17ClN2O/c1-8-4-11(5-8)16-7-10-3-2-9(13(15)17)6-12(10)14/h2-3,6,8,11,16H,4-5,7H2,1H3,(H2,15,17). The summed E-state index contributed by atoms with van der Waals surface area (Å²) in [7, 11) is 0. The first-order chi connectivity index (χ1) is 8.06. The molecule has 3 N–H and O–H groups in total. The average Bonchev–Trinajstić information content (AvgIpc) is 2.24. The Morgan fingerprint density at radius 3 is 2.76 bits per heavy atom. The zero-order chi connectivity index (χ0) is 12.4. The minimum atomic E-state index is -0.445. The van der Waals surface area contributed by atoms with Crippen molar-refractivity contribution in [2.45, 2.75) is 32.4 Å². The molecule has 0 saturated heterocycles. The fraction of sp³-hybridized carbons (Fsp3) is 0.462. The van der Waals surface area contributed by atoms with Crippen molar-refractivity contribution in [3.63, 3.8) is 0 Å². The molecule has 17 heavy (non-hydrogen) atoms. The van der Waals surface area contributed by atoms with Crippen LogP contribution in [0.2, 0.25) is 5.02 Å². The van der Waals surface area contributed by atoms with Gasteiger partial charge in [0.25, 0.3) is 0 Å². The summed E-state index contributed by atoms with van der Waals surface area (Å²) in [6.45, 7) is 3.00. The number of nitrogens with two attached hydrogens (primary N) is 1. The van der Waals surface area contributed by atoms with Gasteiger partial charge in [-0.05, 0) is 36.5 Å². The average molecular weight is 253 g/mol. The highest BCUT2D eigenvalue weighted by Gasteiger charge is 2.24. The van der Waals surface area contributed by atoms with Crippen molar-refractivity contribution in [1.29, 1.82) is 0 Å². The fourth-order valence-electron chi connectivity index (χ4n) is 2.17. The number of carbonyl (C=O) groups excluding carboxylic acids is 1. The first-order valence-corrected chi connectivity index (χ1v) is 6.25. The maximum Gasteiger partial charge on any atom is 0.248 e. The molecule has 3 nitrogen and oxygen atoms in total. The number of carbonyl (C=O) groups is 1. The lowest BCUT2D eigenvalue weighted by Gasteiger charge is -2.33. The molecule has 0 unspecified atom stereocenters. The zero-order valence-corrected chi connectivity index (χ0v) is 10.6. The Morgan fingerprint density at radius 2 is 2.24 bits per heavy atom. The number of rotatable bonds is 4. The van der Waals surface area contributed by atoms with E-state index in [-0.39, 0.29) is 0 Å². The molecule has 0 radical (unpaired) electrons. The Morgan fingerprint density at radius 1 is 1.53 bits per heavy atom. The van der Waals surface area contributed by atoms with Crippen molar-refractivity contribution in [3.8, 4) is 0 Å². The fourth-order valence-corrected chi connectivity index (χ4v) is 2.41. The molecule has 1 fully saturated rings. The van der Waals surface area contributed by atoms with Gasteiger partial charge >= 0.3 is 0 Å². The van der Waals surface area contributed by atoms with Gasteiger partial charge in [-0.1, -0.05) is 24.6 Å². The van der Waals surface area contributed by atoms with Gasteiger partial charge in [0.1, 0.15) is 0 Å². The van der Waals surface area contributed by atoms with Crippen LogP contribution in [-0.2, 0) is 6.54 Å². The van der Waals surface area contributed by atoms with Gasteiger partial charge in [0.2, 0.25) is 5.91 Å². The third kappa shape index (κ3) is 2.99. The first kappa shape index (κ1) is 12.4. The van der Waals surface area contributed by atoms with Crippen LogP contribution in [0.1, 0.15) is 35.7 Å². The van der Waals surface area contributed by atoms with Crippen LogP contribution in [-0.4, -0.2) is 11.9 Å². The molecule has 2 rings (SSSR count). The van der Waals surface area contributed by atoms with E-state index in [1.54, 1.807) is 12.1 Å². The Bertz CT molecular complexity index is 427. The van der Waals surface area contributed by atoms with Crippen LogP contribution in [0.3, 0.4) is 0 Å². The van der Waals surface area contributed by atoms with E-state index >= 15 is 0 Å². The largest absolute Gasteiger partial charge is 0.366 e. The third-order valence-electron chi connectivity index (χ3n) is 3.29. The minimum absolute atomic E-state index is 0.445. The number of halogens is 1. The number of hydrogen-bond donors (Lipinski definition) is 2. The highest BCUT2D eigenvalue weighted by Crippen LogP contribution is 2.27. The maximum absolute atomic E-state index is 11.0. The summed E-state index contributed by atoms with van der Waals surface area (Å²) in [5.41, 5.74) is 6.65. The minimum Gasteiger partial charge on any atom is -0.366 e. The Balaban J connectivity index is 1.94. The van der Waals surface area contributed by atoms with E-state index in [0.717, 1.165) is 18.0 Å². The number of benzene rings is 1. The van der Waals surface area contributed by atoms with Gasteiger partial charge < -0.3 is 11.1 Å². The van der Waals surface area contributed by atoms with Crippen LogP contribution >= 0.6 is 11.6 Å². The summed E-state index contributed by atoms with van der Waals surface area (Å²) >= 11 is 6.10. The molecule has 1 aromatic rings. The van der Waals surface area contributed by atoms with E-state index < -0.39 is 5.91 Å². The molecule has 0 aliphatic heterocycles. The van der Waals surface area contributed by atoms with Crippen LogP contribution in [0.25, 0.3) is 0 Å². The number of primary amides is 1. The van der Waals surface area contributed by atoms with Gasteiger partial charge in [0.05, 0.1) is 0 Å². The third-order valence-corrected chi connectivity index (χ3v) is 3.64. The van der Waals surface area contributed by atoms with E-state index in [0.29, 0.717) is 16.6 Å². The summed E-state index contributed by atoms with van der Waals surface area (Å²) in [5.74, 6) is 0.388. The van der Waals surface area contributed by atoms with E-state index in [9.17, 15) is 4.79 Å². The normalized spacial score (nSPS) is 23.2. The lowest BCUT2D eigenvalue weighted by molar-refractivity contribution is 0.100. The molecule has 4 heteroatoms. The van der Waals surface area contributed by atoms with E-state index in [1.165, 1.54) is 12.8 Å². The number of nitrogens with one attached hydrogen (secondary N) is 1. The molecule has 0 bridgehead atoms. The Labute approximate surface area is 106 Å². The van der Waals surface area contributed by atoms with Crippen molar-refractivity contribution in [1.82, 2.24) is 5.32 Å². The van der Waals surface area contributed by atoms with Crippen LogP contribution < -0.4 is 11.1 Å². The zero-order valence-electron chi connectivity index (χ0n) is 9.87. The van der Waals surface area contributed by atoms with Crippen molar-refractivity contribution < 1.29 is 4.79 Å². The van der Waals surface area contributed by atoms with Crippen LogP contribution in [0.15, 0.2) is 18.2 Å². The summed E-state index contributed by atoms with van der Waals surface area (Å²) in [5, 5.41) is 4.05. The second-order valence-electron chi connectivity index (χ2n) is 4.82. The molecule has 0 aromatic heterocycles. The number of amides is 1. The van der Waals surface area contributed by atoms with Crippen LogP contribution in [0.5, 0.6) is 0 Å². The molecular weight excluding hydrogens is 236 g/mol. The van der Waals surface area contributed by atoms with E-state index in [4.69, 9.17) is 17.3 Å². The lowest BCUT2D eigenvalue weighted by atomic mass is 9.82. The predicted molar refractivity (Wildman–Crippen MR) is 69.0 cm³/mol. The van der Waals surface area contributed by atoms with Crippen LogP contribution in [0.4, 0.5) is 0 Å². The monoisotopic (exact) mass is 252 g/mol. The summed E-state index contributed by atoms with van der Waals surface area (Å²) in [4.78, 5) is 11.0. The van der Waals surface area contributed by atoms with Crippen molar-refractivity contribution in [2.24, 2.45) is 11.7 Å². The Kier molecular flexibility index (Phi) is 3.69. The molecule has 1 amide bonds. The predicted octanol–water partition coefficient (Wildman–Crippen LogP) is 2.33. The van der Waals surface area contributed by atoms with Gasteiger partial charge in [-0.3, -0.25) is 4.79 Å². The van der Waals surface area contributed by atoms with Gasteiger partial charge in [-0.25, -0.2) is 0 Å². The molecule has 1 aliphatic carbocycles. The second kappa shape index (κ2) is 5.07. The van der Waals surface area contributed by atoms with Gasteiger partial charge in [-0.2, -0.15) is 0 Å². The Hall–Kier alpha value is -1.06. The highest BCUT2D eigenvalue weighted by atomic mass is 35.5. The topological polar surface area (TPSA) is 55.1 Å². The SMILES string of the molecule is CC1CC(NCc2ccc(C(N)=O)cc2Cl)C1. The molecule has 92 valence electrons. The molecule has 0 heterocycles. The molecule has 0 atom stereocenters. The highest BCUT2D eigenvalue weighted by molar-refractivity contribution is 6.31. The van der Waals surface area contributed by atoms with Crippen molar-refractivity contribution >= 4 is 17.5 Å². The van der Waals surface area contributed by atoms with E-state index in [2.05, 4.69) is 12.2 Å². The summed E-state index contributed by atoms with van der Waals surface area (Å²) in [6, 6.07) is 5.81. The molecule has 1 aromatic carbocycles. The van der Waals surface area contributed by atoms with Gasteiger partial charge in [-0.15, -0.1) is 0 Å². The number of hydrogen-bond acceptors (Lipinski definition) is 2. The smallest absolute Gasteiger partial charge is 0.248 e. The van der Waals surface area contributed by atoms with Gasteiger partial charge in [0, 0.05) is 23.2 Å². The molecule has 1 aliphatic rings. The van der Waals surface area contributed by atoms with E-state index in [1.807, 2.05) is 6.07 Å². The summed E-state index contributed by atoms with van der Waals surface area (Å²) in [6.07, 6.45) is 2.47. The lowest BCUT2D eigenvalue weighted by Crippen LogP contribution is -2.39. The van der Waals surface area contributed by atoms with Crippen molar-refractivity contribution in [2.75, 3.05) is 0 Å². The first-order valence-electron chi connectivity index (χ1n) is 5.88. The maximum atomic E-state index is 11.0. The van der Waals surface area contributed by atoms with Crippen molar-refractivity contribution in [3.05, 3.63) is 34.3 Å². The van der Waals surface area contributed by atoms with Gasteiger partial charge in [0.15, 0.2) is 0 Å². The molecule has 0 spiro atoms. The molecular formula is C13H17ClN2O. The molecule has 1 saturated carbocycles. The summed E-state index contributed by atoms with van der Waals surface area (Å²) < 4.78 is 0. The quantitative estimate of drug-likeness (QED) is 0.864.